The first-order chi connectivity index (χ1) is 6.83. The van der Waals surface area contributed by atoms with E-state index in [4.69, 9.17) is 5.73 Å². The molecule has 2 N–H and O–H groups in total. The minimum atomic E-state index is 0.268. The molecule has 2 heteroatoms. The van der Waals surface area contributed by atoms with E-state index in [-0.39, 0.29) is 6.04 Å². The first-order valence-electron chi connectivity index (χ1n) is 6.31. The average Bonchev–Trinajstić information content (AvgIpc) is 2.15. The highest BCUT2D eigenvalue weighted by Crippen LogP contribution is 2.37. The van der Waals surface area contributed by atoms with Crippen molar-refractivity contribution in [2.45, 2.75) is 71.5 Å². The zero-order valence-electron chi connectivity index (χ0n) is 11.1. The second-order valence-electron chi connectivity index (χ2n) is 6.16. The van der Waals surface area contributed by atoms with Gasteiger partial charge in [0.25, 0.3) is 0 Å². The molecule has 0 saturated heterocycles. The fraction of sp³-hybridized carbons (Fsp3) is 1.00. The Morgan fingerprint density at radius 3 is 2.07 bits per heavy atom. The van der Waals surface area contributed by atoms with Gasteiger partial charge in [-0.15, -0.1) is 0 Å². The number of likely N-dealkylation sites (N-methyl/N-ethyl adjacent to an activating group) is 1. The zero-order chi connectivity index (χ0) is 11.6. The highest BCUT2D eigenvalue weighted by Gasteiger charge is 2.30. The van der Waals surface area contributed by atoms with E-state index < -0.39 is 0 Å². The van der Waals surface area contributed by atoms with Crippen LogP contribution >= 0.6 is 0 Å². The van der Waals surface area contributed by atoms with Gasteiger partial charge in [0.2, 0.25) is 0 Å². The third-order valence-electron chi connectivity index (χ3n) is 4.29. The van der Waals surface area contributed by atoms with Crippen molar-refractivity contribution in [3.8, 4) is 0 Å². The lowest BCUT2D eigenvalue weighted by molar-refractivity contribution is 0.0927. The van der Waals surface area contributed by atoms with E-state index >= 15 is 0 Å². The fourth-order valence-corrected chi connectivity index (χ4v) is 2.49. The Morgan fingerprint density at radius 1 is 1.20 bits per heavy atom. The molecule has 0 aliphatic heterocycles. The van der Waals surface area contributed by atoms with Crippen molar-refractivity contribution >= 4 is 0 Å². The summed E-state index contributed by atoms with van der Waals surface area (Å²) in [6.07, 6.45) is 5.38. The molecule has 0 bridgehead atoms. The smallest absolute Gasteiger partial charge is 0.0216 e. The molecular weight excluding hydrogens is 184 g/mol. The molecule has 0 radical (unpaired) electrons. The molecule has 90 valence electrons. The molecule has 0 aromatic heterocycles. The molecule has 0 aromatic carbocycles. The number of rotatable bonds is 3. The van der Waals surface area contributed by atoms with Crippen LogP contribution in [0, 0.1) is 5.41 Å². The SMILES string of the molecule is CC(N)C(C)N(C)C1CCC(C)(C)CC1. The van der Waals surface area contributed by atoms with Gasteiger partial charge >= 0.3 is 0 Å². The third-order valence-corrected chi connectivity index (χ3v) is 4.29. The van der Waals surface area contributed by atoms with Crippen LogP contribution in [-0.4, -0.2) is 30.1 Å². The Labute approximate surface area is 95.2 Å². The van der Waals surface area contributed by atoms with E-state index in [1.165, 1.54) is 25.7 Å². The van der Waals surface area contributed by atoms with E-state index in [1.54, 1.807) is 0 Å². The van der Waals surface area contributed by atoms with Crippen molar-refractivity contribution in [2.75, 3.05) is 7.05 Å². The van der Waals surface area contributed by atoms with Crippen LogP contribution in [0.3, 0.4) is 0 Å². The molecule has 1 fully saturated rings. The first kappa shape index (κ1) is 13.0. The molecule has 1 aliphatic rings. The van der Waals surface area contributed by atoms with Gasteiger partial charge in [0.15, 0.2) is 0 Å². The molecule has 0 heterocycles. The highest BCUT2D eigenvalue weighted by atomic mass is 15.2. The standard InChI is InChI=1S/C13H28N2/c1-10(14)11(2)15(5)12-6-8-13(3,4)9-7-12/h10-12H,6-9,14H2,1-5H3. The van der Waals surface area contributed by atoms with E-state index in [1.807, 2.05) is 0 Å². The summed E-state index contributed by atoms with van der Waals surface area (Å²) in [6.45, 7) is 9.12. The number of nitrogens with zero attached hydrogens (tertiary/aromatic N) is 1. The second-order valence-corrected chi connectivity index (χ2v) is 6.16. The Balaban J connectivity index is 2.46. The number of hydrogen-bond acceptors (Lipinski definition) is 2. The summed E-state index contributed by atoms with van der Waals surface area (Å²) >= 11 is 0. The molecular formula is C13H28N2. The molecule has 2 atom stereocenters. The van der Waals surface area contributed by atoms with Crippen LogP contribution in [0.25, 0.3) is 0 Å². The van der Waals surface area contributed by atoms with Gasteiger partial charge in [-0.3, -0.25) is 4.90 Å². The number of hydrogen-bond donors (Lipinski definition) is 1. The molecule has 1 saturated carbocycles. The van der Waals surface area contributed by atoms with Crippen LogP contribution in [0.1, 0.15) is 53.4 Å². The minimum absolute atomic E-state index is 0.268. The highest BCUT2D eigenvalue weighted by molar-refractivity contribution is 4.86. The van der Waals surface area contributed by atoms with Gasteiger partial charge < -0.3 is 5.73 Å². The van der Waals surface area contributed by atoms with Crippen LogP contribution in [0.15, 0.2) is 0 Å². The summed E-state index contributed by atoms with van der Waals surface area (Å²) in [5.74, 6) is 0. The summed E-state index contributed by atoms with van der Waals surface area (Å²) in [5.41, 5.74) is 6.52. The Morgan fingerprint density at radius 2 is 1.67 bits per heavy atom. The molecule has 1 aliphatic carbocycles. The fourth-order valence-electron chi connectivity index (χ4n) is 2.49. The van der Waals surface area contributed by atoms with E-state index in [0.717, 1.165) is 6.04 Å². The normalized spacial score (nSPS) is 26.6. The summed E-state index contributed by atoms with van der Waals surface area (Å²) < 4.78 is 0. The molecule has 1 rings (SSSR count). The predicted molar refractivity (Wildman–Crippen MR) is 66.9 cm³/mol. The van der Waals surface area contributed by atoms with Crippen molar-refractivity contribution in [2.24, 2.45) is 11.1 Å². The molecule has 0 spiro atoms. The van der Waals surface area contributed by atoms with Crippen LogP contribution in [0.5, 0.6) is 0 Å². The summed E-state index contributed by atoms with van der Waals surface area (Å²) in [6, 6.07) is 1.51. The molecule has 0 aromatic rings. The maximum atomic E-state index is 5.96. The molecule has 2 nitrogen and oxygen atoms in total. The first-order valence-corrected chi connectivity index (χ1v) is 6.31. The molecule has 15 heavy (non-hydrogen) atoms. The number of nitrogens with two attached hydrogens (primary N) is 1. The monoisotopic (exact) mass is 212 g/mol. The van der Waals surface area contributed by atoms with Gasteiger partial charge in [0, 0.05) is 18.1 Å². The maximum absolute atomic E-state index is 5.96. The van der Waals surface area contributed by atoms with E-state index in [9.17, 15) is 0 Å². The van der Waals surface area contributed by atoms with Crippen LogP contribution in [0.4, 0.5) is 0 Å². The maximum Gasteiger partial charge on any atom is 0.0216 e. The lowest BCUT2D eigenvalue weighted by Gasteiger charge is -2.41. The van der Waals surface area contributed by atoms with Gasteiger partial charge in [0.05, 0.1) is 0 Å². The van der Waals surface area contributed by atoms with Gasteiger partial charge in [0.1, 0.15) is 0 Å². The van der Waals surface area contributed by atoms with Crippen LogP contribution < -0.4 is 5.73 Å². The quantitative estimate of drug-likeness (QED) is 0.779. The summed E-state index contributed by atoms with van der Waals surface area (Å²) in [5, 5.41) is 0. The van der Waals surface area contributed by atoms with Gasteiger partial charge in [-0.1, -0.05) is 13.8 Å². The Bertz CT molecular complexity index is 189. The van der Waals surface area contributed by atoms with Crippen molar-refractivity contribution < 1.29 is 0 Å². The van der Waals surface area contributed by atoms with Crippen LogP contribution in [-0.2, 0) is 0 Å². The largest absolute Gasteiger partial charge is 0.327 e. The third kappa shape index (κ3) is 3.46. The second kappa shape index (κ2) is 4.84. The van der Waals surface area contributed by atoms with Crippen molar-refractivity contribution in [1.82, 2.24) is 4.90 Å². The summed E-state index contributed by atoms with van der Waals surface area (Å²) in [7, 11) is 2.23. The molecule has 0 amide bonds. The summed E-state index contributed by atoms with van der Waals surface area (Å²) in [4.78, 5) is 2.49. The predicted octanol–water partition coefficient (Wildman–Crippen LogP) is 2.62. The van der Waals surface area contributed by atoms with Crippen molar-refractivity contribution in [3.05, 3.63) is 0 Å². The minimum Gasteiger partial charge on any atom is -0.327 e. The lowest BCUT2D eigenvalue weighted by Crippen LogP contribution is -2.48. The van der Waals surface area contributed by atoms with Crippen molar-refractivity contribution in [3.63, 3.8) is 0 Å². The van der Waals surface area contributed by atoms with E-state index in [0.29, 0.717) is 11.5 Å². The topological polar surface area (TPSA) is 29.3 Å². The Kier molecular flexibility index (Phi) is 4.19. The van der Waals surface area contributed by atoms with Crippen molar-refractivity contribution in [1.29, 1.82) is 0 Å². The van der Waals surface area contributed by atoms with Crippen LogP contribution in [0.2, 0.25) is 0 Å². The zero-order valence-corrected chi connectivity index (χ0v) is 11.1. The molecule has 2 unspecified atom stereocenters. The van der Waals surface area contributed by atoms with Gasteiger partial charge in [-0.2, -0.15) is 0 Å². The van der Waals surface area contributed by atoms with Gasteiger partial charge in [-0.25, -0.2) is 0 Å². The average molecular weight is 212 g/mol. The Hall–Kier alpha value is -0.0800. The van der Waals surface area contributed by atoms with Gasteiger partial charge in [-0.05, 0) is 52.0 Å². The lowest BCUT2D eigenvalue weighted by atomic mass is 9.75. The van der Waals surface area contributed by atoms with E-state index in [2.05, 4.69) is 39.6 Å².